The lowest BCUT2D eigenvalue weighted by Crippen LogP contribution is -2.38. The number of carboxylic acids is 1. The van der Waals surface area contributed by atoms with E-state index in [9.17, 15) is 9.90 Å². The van der Waals surface area contributed by atoms with Gasteiger partial charge in [0, 0.05) is 25.0 Å². The van der Waals surface area contributed by atoms with E-state index in [0.29, 0.717) is 12.2 Å². The van der Waals surface area contributed by atoms with Crippen molar-refractivity contribution in [3.8, 4) is 0 Å². The number of carbonyl (C=O) groups is 1. The molecule has 0 atom stereocenters. The van der Waals surface area contributed by atoms with Crippen molar-refractivity contribution in [3.63, 3.8) is 0 Å². The second kappa shape index (κ2) is 5.88. The van der Waals surface area contributed by atoms with Crippen molar-refractivity contribution in [2.45, 2.75) is 32.7 Å². The van der Waals surface area contributed by atoms with Crippen LogP contribution in [-0.2, 0) is 16.7 Å². The molecular weight excluding hydrogens is 260 g/mol. The van der Waals surface area contributed by atoms with Crippen LogP contribution in [0, 0.1) is 0 Å². The molecule has 0 aromatic carbocycles. The van der Waals surface area contributed by atoms with Gasteiger partial charge in [0.2, 0.25) is 0 Å². The standard InChI is InChI=1S/C13H22N4O3/c1-13(2,3)11-10(12(18)19)14-15-17(11)5-4-16-6-8-20-9-7-16/h4-9H2,1-3H3,(H,18,19). The van der Waals surface area contributed by atoms with Crippen LogP contribution in [0.5, 0.6) is 0 Å². The summed E-state index contributed by atoms with van der Waals surface area (Å²) in [6, 6.07) is 0. The zero-order valence-electron chi connectivity index (χ0n) is 12.3. The summed E-state index contributed by atoms with van der Waals surface area (Å²) in [6.07, 6.45) is 0. The fraction of sp³-hybridized carbons (Fsp3) is 0.769. The van der Waals surface area contributed by atoms with Crippen molar-refractivity contribution in [3.05, 3.63) is 11.4 Å². The minimum Gasteiger partial charge on any atom is -0.476 e. The van der Waals surface area contributed by atoms with Crippen LogP contribution < -0.4 is 0 Å². The predicted octanol–water partition coefficient (Wildman–Crippen LogP) is 0.606. The topological polar surface area (TPSA) is 80.5 Å². The maximum absolute atomic E-state index is 11.2. The number of hydrogen-bond acceptors (Lipinski definition) is 5. The zero-order chi connectivity index (χ0) is 14.8. The van der Waals surface area contributed by atoms with Gasteiger partial charge in [0.25, 0.3) is 0 Å². The summed E-state index contributed by atoms with van der Waals surface area (Å²) in [4.78, 5) is 13.5. The molecule has 1 saturated heterocycles. The number of hydrogen-bond donors (Lipinski definition) is 1. The number of morpholine rings is 1. The smallest absolute Gasteiger partial charge is 0.358 e. The molecule has 7 nitrogen and oxygen atoms in total. The quantitative estimate of drug-likeness (QED) is 0.871. The predicted molar refractivity (Wildman–Crippen MR) is 72.9 cm³/mol. The van der Waals surface area contributed by atoms with Gasteiger partial charge in [-0.15, -0.1) is 5.10 Å². The van der Waals surface area contributed by atoms with Gasteiger partial charge < -0.3 is 9.84 Å². The van der Waals surface area contributed by atoms with Crippen LogP contribution in [-0.4, -0.2) is 63.8 Å². The SMILES string of the molecule is CC(C)(C)c1c(C(=O)O)nnn1CCN1CCOCC1. The fourth-order valence-electron chi connectivity index (χ4n) is 2.42. The number of aromatic nitrogens is 3. The molecule has 1 fully saturated rings. The van der Waals surface area contributed by atoms with E-state index in [1.165, 1.54) is 0 Å². The molecule has 1 N–H and O–H groups in total. The van der Waals surface area contributed by atoms with Crippen LogP contribution in [0.2, 0.25) is 0 Å². The first-order chi connectivity index (χ1) is 9.39. The number of rotatable bonds is 4. The molecule has 1 aliphatic rings. The molecule has 1 aliphatic heterocycles. The lowest BCUT2D eigenvalue weighted by Gasteiger charge is -2.27. The first-order valence-corrected chi connectivity index (χ1v) is 6.87. The lowest BCUT2D eigenvalue weighted by molar-refractivity contribution is 0.0357. The highest BCUT2D eigenvalue weighted by Gasteiger charge is 2.29. The molecule has 112 valence electrons. The number of nitrogens with zero attached hydrogens (tertiary/aromatic N) is 4. The highest BCUT2D eigenvalue weighted by atomic mass is 16.5. The van der Waals surface area contributed by atoms with Gasteiger partial charge in [-0.25, -0.2) is 9.48 Å². The van der Waals surface area contributed by atoms with Crippen molar-refractivity contribution in [1.82, 2.24) is 19.9 Å². The van der Waals surface area contributed by atoms with Crippen molar-refractivity contribution in [1.29, 1.82) is 0 Å². The molecule has 0 unspecified atom stereocenters. The van der Waals surface area contributed by atoms with E-state index in [1.807, 2.05) is 20.8 Å². The molecule has 1 aromatic rings. The highest BCUT2D eigenvalue weighted by molar-refractivity contribution is 5.86. The van der Waals surface area contributed by atoms with Gasteiger partial charge >= 0.3 is 5.97 Å². The monoisotopic (exact) mass is 282 g/mol. The van der Waals surface area contributed by atoms with E-state index in [0.717, 1.165) is 32.8 Å². The molecule has 7 heteroatoms. The van der Waals surface area contributed by atoms with Gasteiger partial charge in [-0.3, -0.25) is 4.90 Å². The molecule has 20 heavy (non-hydrogen) atoms. The second-order valence-corrected chi connectivity index (χ2v) is 6.02. The Labute approximate surface area is 118 Å². The van der Waals surface area contributed by atoms with Gasteiger partial charge in [0.05, 0.1) is 25.5 Å². The maximum Gasteiger partial charge on any atom is 0.358 e. The van der Waals surface area contributed by atoms with Crippen LogP contribution in [0.25, 0.3) is 0 Å². The van der Waals surface area contributed by atoms with E-state index in [1.54, 1.807) is 4.68 Å². The van der Waals surface area contributed by atoms with E-state index in [-0.39, 0.29) is 11.1 Å². The largest absolute Gasteiger partial charge is 0.476 e. The minimum absolute atomic E-state index is 0.0551. The summed E-state index contributed by atoms with van der Waals surface area (Å²) in [7, 11) is 0. The van der Waals surface area contributed by atoms with Crippen molar-refractivity contribution in [2.24, 2.45) is 0 Å². The van der Waals surface area contributed by atoms with Gasteiger partial charge in [0.1, 0.15) is 0 Å². The number of ether oxygens (including phenoxy) is 1. The average Bonchev–Trinajstić information content (AvgIpc) is 2.81. The minimum atomic E-state index is -1.02. The second-order valence-electron chi connectivity index (χ2n) is 6.02. The van der Waals surface area contributed by atoms with Gasteiger partial charge in [0.15, 0.2) is 5.69 Å². The number of carboxylic acid groups (broad SMARTS) is 1. The average molecular weight is 282 g/mol. The fourth-order valence-corrected chi connectivity index (χ4v) is 2.42. The lowest BCUT2D eigenvalue weighted by atomic mass is 9.90. The van der Waals surface area contributed by atoms with Gasteiger partial charge in [-0.05, 0) is 0 Å². The number of aromatic carboxylic acids is 1. The molecule has 2 heterocycles. The van der Waals surface area contributed by atoms with Crippen molar-refractivity contribution < 1.29 is 14.6 Å². The highest BCUT2D eigenvalue weighted by Crippen LogP contribution is 2.24. The maximum atomic E-state index is 11.2. The Bertz CT molecular complexity index is 472. The third-order valence-corrected chi connectivity index (χ3v) is 3.38. The van der Waals surface area contributed by atoms with Crippen LogP contribution in [0.15, 0.2) is 0 Å². The summed E-state index contributed by atoms with van der Waals surface area (Å²) in [5, 5.41) is 17.0. The Hall–Kier alpha value is -1.47. The van der Waals surface area contributed by atoms with Gasteiger partial charge in [-0.1, -0.05) is 26.0 Å². The van der Waals surface area contributed by atoms with E-state index in [2.05, 4.69) is 15.2 Å². The van der Waals surface area contributed by atoms with Crippen LogP contribution in [0.3, 0.4) is 0 Å². The van der Waals surface area contributed by atoms with Crippen molar-refractivity contribution in [2.75, 3.05) is 32.8 Å². The zero-order valence-corrected chi connectivity index (χ0v) is 12.3. The summed E-state index contributed by atoms with van der Waals surface area (Å²) >= 11 is 0. The van der Waals surface area contributed by atoms with E-state index >= 15 is 0 Å². The Balaban J connectivity index is 2.12. The Morgan fingerprint density at radius 2 is 1.95 bits per heavy atom. The van der Waals surface area contributed by atoms with Gasteiger partial charge in [-0.2, -0.15) is 0 Å². The Morgan fingerprint density at radius 1 is 1.30 bits per heavy atom. The van der Waals surface area contributed by atoms with Crippen LogP contribution in [0.1, 0.15) is 37.0 Å². The molecule has 1 aromatic heterocycles. The molecule has 0 aliphatic carbocycles. The first-order valence-electron chi connectivity index (χ1n) is 6.87. The van der Waals surface area contributed by atoms with Crippen molar-refractivity contribution >= 4 is 5.97 Å². The summed E-state index contributed by atoms with van der Waals surface area (Å²) in [5.74, 6) is -1.02. The third kappa shape index (κ3) is 3.34. The Kier molecular flexibility index (Phi) is 4.39. The molecule has 0 amide bonds. The van der Waals surface area contributed by atoms with Crippen LogP contribution in [0.4, 0.5) is 0 Å². The Morgan fingerprint density at radius 3 is 2.50 bits per heavy atom. The summed E-state index contributed by atoms with van der Waals surface area (Å²) in [6.45, 7) is 10.7. The van der Waals surface area contributed by atoms with E-state index < -0.39 is 5.97 Å². The normalized spacial score (nSPS) is 17.4. The first kappa shape index (κ1) is 14.9. The third-order valence-electron chi connectivity index (χ3n) is 3.38. The van der Waals surface area contributed by atoms with E-state index in [4.69, 9.17) is 4.74 Å². The molecule has 2 rings (SSSR count). The molecule has 0 saturated carbocycles. The molecular formula is C13H22N4O3. The molecule has 0 bridgehead atoms. The summed E-state index contributed by atoms with van der Waals surface area (Å²) in [5.41, 5.74) is 0.431. The molecule has 0 spiro atoms. The molecule has 0 radical (unpaired) electrons. The van der Waals surface area contributed by atoms with Crippen LogP contribution >= 0.6 is 0 Å². The summed E-state index contributed by atoms with van der Waals surface area (Å²) < 4.78 is 7.03.